The van der Waals surface area contributed by atoms with Crippen LogP contribution in [0, 0.1) is 5.92 Å². The van der Waals surface area contributed by atoms with Gasteiger partial charge in [0, 0.05) is 11.1 Å². The number of rotatable bonds is 3. The number of hydrogen-bond donors (Lipinski definition) is 0. The number of benzene rings is 1. The summed E-state index contributed by atoms with van der Waals surface area (Å²) in [6, 6.07) is 7.63. The van der Waals surface area contributed by atoms with Crippen molar-refractivity contribution >= 4 is 22.7 Å². The van der Waals surface area contributed by atoms with Crippen molar-refractivity contribution in [3.8, 4) is 0 Å². The normalized spacial score (nSPS) is 18.3. The molecule has 0 saturated heterocycles. The number of esters is 1. The Morgan fingerprint density at radius 1 is 1.30 bits per heavy atom. The summed E-state index contributed by atoms with van der Waals surface area (Å²) in [5.74, 6) is -0.0576. The van der Waals surface area contributed by atoms with Gasteiger partial charge in [0.15, 0.2) is 11.9 Å². The van der Waals surface area contributed by atoms with Crippen molar-refractivity contribution in [1.29, 1.82) is 0 Å². The minimum Gasteiger partial charge on any atom is -0.451 e. The molecule has 0 saturated carbocycles. The molecule has 0 amide bonds. The van der Waals surface area contributed by atoms with Crippen LogP contribution in [0.5, 0.6) is 0 Å². The van der Waals surface area contributed by atoms with Crippen molar-refractivity contribution in [1.82, 2.24) is 4.98 Å². The first-order valence-corrected chi connectivity index (χ1v) is 8.09. The van der Waals surface area contributed by atoms with Gasteiger partial charge in [0.1, 0.15) is 0 Å². The minimum absolute atomic E-state index is 0.154. The van der Waals surface area contributed by atoms with Crippen LogP contribution in [-0.2, 0) is 22.4 Å². The maximum absolute atomic E-state index is 12.7. The summed E-state index contributed by atoms with van der Waals surface area (Å²) >= 11 is 0. The maximum atomic E-state index is 12.7. The van der Waals surface area contributed by atoms with Gasteiger partial charge in [-0.05, 0) is 50.7 Å². The number of fused-ring (bicyclic) bond motifs is 2. The highest BCUT2D eigenvalue weighted by atomic mass is 16.5. The van der Waals surface area contributed by atoms with Crippen LogP contribution in [-0.4, -0.2) is 22.8 Å². The van der Waals surface area contributed by atoms with Gasteiger partial charge in [0.2, 0.25) is 0 Å². The first-order valence-electron chi connectivity index (χ1n) is 8.09. The molecule has 1 aliphatic carbocycles. The minimum atomic E-state index is -0.730. The van der Waals surface area contributed by atoms with Crippen molar-refractivity contribution in [3.63, 3.8) is 0 Å². The zero-order valence-electron chi connectivity index (χ0n) is 13.8. The number of ketones is 1. The molecule has 1 aromatic heterocycles. The van der Waals surface area contributed by atoms with E-state index in [9.17, 15) is 9.59 Å². The standard InChI is InChI=1S/C19H21NO3/c1-11-8-9-17-15(10-11)18(19(22)23-13(3)12(2)21)14-6-4-5-7-16(14)20-17/h4-7,11,13H,8-10H2,1-3H3. The summed E-state index contributed by atoms with van der Waals surface area (Å²) in [5, 5.41) is 0.807. The summed E-state index contributed by atoms with van der Waals surface area (Å²) < 4.78 is 5.39. The fraction of sp³-hybridized carbons (Fsp3) is 0.421. The highest BCUT2D eigenvalue weighted by Crippen LogP contribution is 2.32. The van der Waals surface area contributed by atoms with E-state index in [1.807, 2.05) is 24.3 Å². The van der Waals surface area contributed by atoms with E-state index in [0.29, 0.717) is 11.5 Å². The van der Waals surface area contributed by atoms with Crippen LogP contribution in [0.2, 0.25) is 0 Å². The molecule has 120 valence electrons. The second-order valence-electron chi connectivity index (χ2n) is 6.44. The summed E-state index contributed by atoms with van der Waals surface area (Å²) in [6.45, 7) is 5.23. The maximum Gasteiger partial charge on any atom is 0.339 e. The highest BCUT2D eigenvalue weighted by Gasteiger charge is 2.27. The van der Waals surface area contributed by atoms with E-state index < -0.39 is 12.1 Å². The molecule has 0 radical (unpaired) electrons. The van der Waals surface area contributed by atoms with E-state index in [4.69, 9.17) is 9.72 Å². The number of carbonyl (C=O) groups is 2. The van der Waals surface area contributed by atoms with Crippen molar-refractivity contribution in [2.45, 2.75) is 46.1 Å². The third-order valence-electron chi connectivity index (χ3n) is 4.57. The molecule has 0 N–H and O–H groups in total. The molecule has 0 spiro atoms. The van der Waals surface area contributed by atoms with E-state index >= 15 is 0 Å². The lowest BCUT2D eigenvalue weighted by Crippen LogP contribution is -2.25. The molecule has 4 nitrogen and oxygen atoms in total. The second-order valence-corrected chi connectivity index (χ2v) is 6.44. The molecule has 2 unspecified atom stereocenters. The Bertz CT molecular complexity index is 782. The van der Waals surface area contributed by atoms with Gasteiger partial charge < -0.3 is 4.74 Å². The topological polar surface area (TPSA) is 56.3 Å². The summed E-state index contributed by atoms with van der Waals surface area (Å²) in [5.41, 5.74) is 3.38. The Kier molecular flexibility index (Phi) is 4.16. The van der Waals surface area contributed by atoms with Crippen LogP contribution >= 0.6 is 0 Å². The summed E-state index contributed by atoms with van der Waals surface area (Å²) in [7, 11) is 0. The number of Topliss-reactive ketones (excluding diaryl/α,β-unsaturated/α-hetero) is 1. The first kappa shape index (κ1) is 15.7. The van der Waals surface area contributed by atoms with Gasteiger partial charge in [-0.25, -0.2) is 4.79 Å². The quantitative estimate of drug-likeness (QED) is 0.814. The molecule has 1 aliphatic rings. The smallest absolute Gasteiger partial charge is 0.339 e. The third-order valence-corrected chi connectivity index (χ3v) is 4.57. The highest BCUT2D eigenvalue weighted by molar-refractivity contribution is 6.05. The van der Waals surface area contributed by atoms with Crippen LogP contribution in [0.3, 0.4) is 0 Å². The Morgan fingerprint density at radius 2 is 2.04 bits per heavy atom. The molecule has 4 heteroatoms. The van der Waals surface area contributed by atoms with Gasteiger partial charge >= 0.3 is 5.97 Å². The molecular formula is C19H21NO3. The fourth-order valence-electron chi connectivity index (χ4n) is 3.10. The average Bonchev–Trinajstić information content (AvgIpc) is 2.52. The van der Waals surface area contributed by atoms with E-state index in [-0.39, 0.29) is 5.78 Å². The van der Waals surface area contributed by atoms with E-state index in [0.717, 1.165) is 41.4 Å². The van der Waals surface area contributed by atoms with Crippen molar-refractivity contribution < 1.29 is 14.3 Å². The molecule has 1 heterocycles. The lowest BCUT2D eigenvalue weighted by atomic mass is 9.84. The van der Waals surface area contributed by atoms with Gasteiger partial charge in [0.25, 0.3) is 0 Å². The lowest BCUT2D eigenvalue weighted by molar-refractivity contribution is -0.124. The zero-order chi connectivity index (χ0) is 16.6. The Balaban J connectivity index is 2.14. The van der Waals surface area contributed by atoms with E-state index in [1.54, 1.807) is 6.92 Å². The SMILES string of the molecule is CC(=O)C(C)OC(=O)c1c2c(nc3ccccc13)CCC(C)C2. The predicted molar refractivity (Wildman–Crippen MR) is 88.5 cm³/mol. The molecule has 0 fully saturated rings. The largest absolute Gasteiger partial charge is 0.451 e. The van der Waals surface area contributed by atoms with Crippen LogP contribution in [0.25, 0.3) is 10.9 Å². The summed E-state index contributed by atoms with van der Waals surface area (Å²) in [6.07, 6.45) is 2.05. The van der Waals surface area contributed by atoms with E-state index in [1.165, 1.54) is 6.92 Å². The predicted octanol–water partition coefficient (Wildman–Crippen LogP) is 3.49. The van der Waals surface area contributed by atoms with Gasteiger partial charge in [-0.1, -0.05) is 25.1 Å². The van der Waals surface area contributed by atoms with Crippen LogP contribution in [0.15, 0.2) is 24.3 Å². The van der Waals surface area contributed by atoms with Crippen molar-refractivity contribution in [2.75, 3.05) is 0 Å². The number of hydrogen-bond acceptors (Lipinski definition) is 4. The Hall–Kier alpha value is -2.23. The van der Waals surface area contributed by atoms with Gasteiger partial charge in [-0.2, -0.15) is 0 Å². The lowest BCUT2D eigenvalue weighted by Gasteiger charge is -2.24. The first-order chi connectivity index (χ1) is 11.0. The Morgan fingerprint density at radius 3 is 2.78 bits per heavy atom. The molecule has 0 bridgehead atoms. The molecule has 1 aromatic carbocycles. The molecular weight excluding hydrogens is 290 g/mol. The molecule has 2 atom stereocenters. The van der Waals surface area contributed by atoms with Gasteiger partial charge in [0.05, 0.1) is 11.1 Å². The fourth-order valence-corrected chi connectivity index (χ4v) is 3.10. The Labute approximate surface area is 135 Å². The van der Waals surface area contributed by atoms with E-state index in [2.05, 4.69) is 6.92 Å². The van der Waals surface area contributed by atoms with Gasteiger partial charge in [-0.3, -0.25) is 9.78 Å². The van der Waals surface area contributed by atoms with Crippen molar-refractivity contribution in [3.05, 3.63) is 41.1 Å². The molecule has 3 rings (SSSR count). The molecule has 23 heavy (non-hydrogen) atoms. The number of nitrogens with zero attached hydrogens (tertiary/aromatic N) is 1. The zero-order valence-corrected chi connectivity index (χ0v) is 13.8. The number of para-hydroxylation sites is 1. The number of aromatic nitrogens is 1. The number of ether oxygens (including phenoxy) is 1. The molecule has 0 aliphatic heterocycles. The average molecular weight is 311 g/mol. The van der Waals surface area contributed by atoms with Crippen LogP contribution < -0.4 is 0 Å². The van der Waals surface area contributed by atoms with Crippen LogP contribution in [0.1, 0.15) is 48.8 Å². The molecule has 2 aromatic rings. The summed E-state index contributed by atoms with van der Waals surface area (Å²) in [4.78, 5) is 28.9. The third kappa shape index (κ3) is 2.98. The number of carbonyl (C=O) groups excluding carboxylic acids is 2. The monoisotopic (exact) mass is 311 g/mol. The number of aryl methyl sites for hydroxylation is 1. The number of pyridine rings is 1. The van der Waals surface area contributed by atoms with Crippen molar-refractivity contribution in [2.24, 2.45) is 5.92 Å². The second kappa shape index (κ2) is 6.11. The van der Waals surface area contributed by atoms with Crippen LogP contribution in [0.4, 0.5) is 0 Å². The van der Waals surface area contributed by atoms with Gasteiger partial charge in [-0.15, -0.1) is 0 Å².